The fourth-order valence-corrected chi connectivity index (χ4v) is 2.77. The minimum absolute atomic E-state index is 0.0521. The van der Waals surface area contributed by atoms with Crippen LogP contribution in [0.2, 0.25) is 0 Å². The lowest BCUT2D eigenvalue weighted by molar-refractivity contribution is -0.116. The number of carbonyl (C=O) groups is 1. The molecule has 4 nitrogen and oxygen atoms in total. The first kappa shape index (κ1) is 15.8. The van der Waals surface area contributed by atoms with E-state index in [0.717, 1.165) is 11.5 Å². The lowest BCUT2D eigenvalue weighted by Crippen LogP contribution is -2.19. The predicted molar refractivity (Wildman–Crippen MR) is 87.4 cm³/mol. The van der Waals surface area contributed by atoms with Gasteiger partial charge in [0.15, 0.2) is 0 Å². The van der Waals surface area contributed by atoms with Gasteiger partial charge in [-0.15, -0.1) is 0 Å². The summed E-state index contributed by atoms with van der Waals surface area (Å²) in [6.45, 7) is 4.08. The summed E-state index contributed by atoms with van der Waals surface area (Å²) in [5, 5.41) is 6.39. The second kappa shape index (κ2) is 8.01. The average molecular weight is 289 g/mol. The lowest BCUT2D eigenvalue weighted by atomic mass is 10.1. The highest BCUT2D eigenvalue weighted by molar-refractivity contribution is 5.90. The zero-order valence-corrected chi connectivity index (χ0v) is 13.2. The second-order valence-corrected chi connectivity index (χ2v) is 6.41. The molecule has 1 fully saturated rings. The van der Waals surface area contributed by atoms with Crippen molar-refractivity contribution in [1.82, 2.24) is 4.98 Å². The maximum Gasteiger partial charge on any atom is 0.224 e. The third kappa shape index (κ3) is 5.74. The van der Waals surface area contributed by atoms with E-state index in [1.807, 2.05) is 26.0 Å². The van der Waals surface area contributed by atoms with Crippen LogP contribution >= 0.6 is 0 Å². The third-order valence-electron chi connectivity index (χ3n) is 3.85. The average Bonchev–Trinajstić information content (AvgIpc) is 2.69. The van der Waals surface area contributed by atoms with Crippen LogP contribution in [0.15, 0.2) is 18.3 Å². The molecule has 0 radical (unpaired) electrons. The van der Waals surface area contributed by atoms with Crippen molar-refractivity contribution in [1.29, 1.82) is 0 Å². The molecule has 116 valence electrons. The smallest absolute Gasteiger partial charge is 0.224 e. The van der Waals surface area contributed by atoms with Gasteiger partial charge in [0.05, 0.1) is 11.9 Å². The molecule has 0 aromatic carbocycles. The van der Waals surface area contributed by atoms with Gasteiger partial charge in [-0.25, -0.2) is 4.98 Å². The van der Waals surface area contributed by atoms with E-state index in [4.69, 9.17) is 0 Å². The van der Waals surface area contributed by atoms with Gasteiger partial charge in [0.25, 0.3) is 0 Å². The van der Waals surface area contributed by atoms with E-state index in [1.54, 1.807) is 6.20 Å². The molecule has 4 heteroatoms. The van der Waals surface area contributed by atoms with Crippen molar-refractivity contribution in [2.75, 3.05) is 10.6 Å². The highest BCUT2D eigenvalue weighted by atomic mass is 16.1. The number of hydrogen-bond donors (Lipinski definition) is 2. The molecular formula is C17H27N3O. The summed E-state index contributed by atoms with van der Waals surface area (Å²) in [5.74, 6) is 1.33. The predicted octanol–water partition coefficient (Wildman–Crippen LogP) is 4.20. The van der Waals surface area contributed by atoms with Crippen molar-refractivity contribution >= 4 is 17.4 Å². The number of aromatic nitrogens is 1. The highest BCUT2D eigenvalue weighted by Crippen LogP contribution is 2.21. The SMILES string of the molecule is CC(C)CC(=O)Nc1ccc(NC2CCCCCC2)nc1. The molecule has 2 rings (SSSR count). The molecule has 0 aliphatic heterocycles. The summed E-state index contributed by atoms with van der Waals surface area (Å²) >= 11 is 0. The van der Waals surface area contributed by atoms with Crippen molar-refractivity contribution in [3.05, 3.63) is 18.3 Å². The molecular weight excluding hydrogens is 262 g/mol. The zero-order chi connectivity index (χ0) is 15.1. The summed E-state index contributed by atoms with van der Waals surface area (Å²) in [6.07, 6.45) is 10.1. The van der Waals surface area contributed by atoms with Gasteiger partial charge < -0.3 is 10.6 Å². The number of nitrogens with one attached hydrogen (secondary N) is 2. The summed E-state index contributed by atoms with van der Waals surface area (Å²) in [4.78, 5) is 16.1. The van der Waals surface area contributed by atoms with Crippen LogP contribution in [0.5, 0.6) is 0 Å². The van der Waals surface area contributed by atoms with Crippen molar-refractivity contribution in [3.8, 4) is 0 Å². The van der Waals surface area contributed by atoms with Gasteiger partial charge in [0.2, 0.25) is 5.91 Å². The molecule has 21 heavy (non-hydrogen) atoms. The Hall–Kier alpha value is -1.58. The van der Waals surface area contributed by atoms with Gasteiger partial charge >= 0.3 is 0 Å². The van der Waals surface area contributed by atoms with Crippen LogP contribution < -0.4 is 10.6 Å². The van der Waals surface area contributed by atoms with E-state index >= 15 is 0 Å². The standard InChI is InChI=1S/C17H27N3O/c1-13(2)11-17(21)20-15-9-10-16(18-12-15)19-14-7-5-3-4-6-8-14/h9-10,12-14H,3-8,11H2,1-2H3,(H,18,19)(H,20,21). The first-order chi connectivity index (χ1) is 10.1. The molecule has 1 aromatic heterocycles. The quantitative estimate of drug-likeness (QED) is 0.799. The molecule has 0 saturated heterocycles. The molecule has 0 bridgehead atoms. The van der Waals surface area contributed by atoms with Crippen LogP contribution in [0.4, 0.5) is 11.5 Å². The number of rotatable bonds is 5. The lowest BCUT2D eigenvalue weighted by Gasteiger charge is -2.17. The minimum Gasteiger partial charge on any atom is -0.367 e. The number of anilines is 2. The molecule has 1 aromatic rings. The summed E-state index contributed by atoms with van der Waals surface area (Å²) < 4.78 is 0. The van der Waals surface area contributed by atoms with Crippen LogP contribution in [-0.2, 0) is 4.79 Å². The van der Waals surface area contributed by atoms with Gasteiger partial charge in [-0.05, 0) is 30.9 Å². The number of carbonyl (C=O) groups excluding carboxylic acids is 1. The van der Waals surface area contributed by atoms with E-state index < -0.39 is 0 Å². The van der Waals surface area contributed by atoms with Crippen molar-refractivity contribution in [2.24, 2.45) is 5.92 Å². The zero-order valence-electron chi connectivity index (χ0n) is 13.2. The van der Waals surface area contributed by atoms with Crippen molar-refractivity contribution in [3.63, 3.8) is 0 Å². The first-order valence-corrected chi connectivity index (χ1v) is 8.16. The summed E-state index contributed by atoms with van der Waals surface area (Å²) in [5.41, 5.74) is 0.770. The topological polar surface area (TPSA) is 54.0 Å². The number of pyridine rings is 1. The number of nitrogens with zero attached hydrogens (tertiary/aromatic N) is 1. The number of hydrogen-bond acceptors (Lipinski definition) is 3. The van der Waals surface area contributed by atoms with Crippen LogP contribution in [-0.4, -0.2) is 16.9 Å². The minimum atomic E-state index is 0.0521. The van der Waals surface area contributed by atoms with Gasteiger partial charge in [0.1, 0.15) is 5.82 Å². The molecule has 1 amide bonds. The molecule has 1 aliphatic rings. The second-order valence-electron chi connectivity index (χ2n) is 6.41. The third-order valence-corrected chi connectivity index (χ3v) is 3.85. The van der Waals surface area contributed by atoms with Crippen molar-refractivity contribution in [2.45, 2.75) is 64.8 Å². The summed E-state index contributed by atoms with van der Waals surface area (Å²) in [6, 6.07) is 4.42. The van der Waals surface area contributed by atoms with Crippen LogP contribution in [0, 0.1) is 5.92 Å². The Morgan fingerprint density at radius 2 is 1.95 bits per heavy atom. The number of amides is 1. The van der Waals surface area contributed by atoms with E-state index in [1.165, 1.54) is 38.5 Å². The Morgan fingerprint density at radius 1 is 1.24 bits per heavy atom. The van der Waals surface area contributed by atoms with E-state index in [2.05, 4.69) is 15.6 Å². The molecule has 1 heterocycles. The molecule has 0 spiro atoms. The molecule has 2 N–H and O–H groups in total. The Labute approximate surface area is 127 Å². The molecule has 1 aliphatic carbocycles. The van der Waals surface area contributed by atoms with Gasteiger partial charge in [-0.1, -0.05) is 39.5 Å². The van der Waals surface area contributed by atoms with Gasteiger partial charge in [0, 0.05) is 12.5 Å². The molecule has 0 atom stereocenters. The fraction of sp³-hybridized carbons (Fsp3) is 0.647. The normalized spacial score (nSPS) is 16.5. The van der Waals surface area contributed by atoms with E-state index in [9.17, 15) is 4.79 Å². The van der Waals surface area contributed by atoms with Gasteiger partial charge in [-0.2, -0.15) is 0 Å². The van der Waals surface area contributed by atoms with Crippen LogP contribution in [0.3, 0.4) is 0 Å². The van der Waals surface area contributed by atoms with Gasteiger partial charge in [-0.3, -0.25) is 4.79 Å². The summed E-state index contributed by atoms with van der Waals surface area (Å²) in [7, 11) is 0. The Balaban J connectivity index is 1.85. The maximum absolute atomic E-state index is 11.7. The Kier molecular flexibility index (Phi) is 6.03. The fourth-order valence-electron chi connectivity index (χ4n) is 2.77. The van der Waals surface area contributed by atoms with Crippen LogP contribution in [0.1, 0.15) is 58.8 Å². The van der Waals surface area contributed by atoms with E-state index in [0.29, 0.717) is 18.4 Å². The Morgan fingerprint density at radius 3 is 2.52 bits per heavy atom. The van der Waals surface area contributed by atoms with Crippen molar-refractivity contribution < 1.29 is 4.79 Å². The molecule has 1 saturated carbocycles. The first-order valence-electron chi connectivity index (χ1n) is 8.16. The largest absolute Gasteiger partial charge is 0.367 e. The Bertz CT molecular complexity index is 434. The highest BCUT2D eigenvalue weighted by Gasteiger charge is 2.12. The monoisotopic (exact) mass is 289 g/mol. The van der Waals surface area contributed by atoms with Crippen LogP contribution in [0.25, 0.3) is 0 Å². The molecule has 0 unspecified atom stereocenters. The maximum atomic E-state index is 11.7. The van der Waals surface area contributed by atoms with E-state index in [-0.39, 0.29) is 5.91 Å².